The van der Waals surface area contributed by atoms with Crippen LogP contribution >= 0.6 is 11.6 Å². The number of hydrogen-bond donors (Lipinski definition) is 1. The van der Waals surface area contributed by atoms with E-state index in [4.69, 9.17) is 16.3 Å². The lowest BCUT2D eigenvalue weighted by atomic mass is 10.0. The van der Waals surface area contributed by atoms with Gasteiger partial charge in [-0.25, -0.2) is 0 Å². The van der Waals surface area contributed by atoms with Gasteiger partial charge in [0, 0.05) is 36.7 Å². The molecule has 5 heteroatoms. The first-order chi connectivity index (χ1) is 9.13. The summed E-state index contributed by atoms with van der Waals surface area (Å²) in [6, 6.07) is 3.80. The van der Waals surface area contributed by atoms with Crippen molar-refractivity contribution < 1.29 is 9.84 Å². The van der Waals surface area contributed by atoms with Crippen LogP contribution in [0.25, 0.3) is 0 Å². The van der Waals surface area contributed by atoms with E-state index in [1.54, 1.807) is 10.9 Å². The van der Waals surface area contributed by atoms with Gasteiger partial charge >= 0.3 is 0 Å². The molecule has 1 N–H and O–H groups in total. The molecule has 100 valence electrons. The number of aryl methyl sites for hydroxylation is 1. The SMILES string of the molecule is Cn1cc(C(O)Cc2cc(Cl)cc3c2OCC3)cn1. The summed E-state index contributed by atoms with van der Waals surface area (Å²) < 4.78 is 7.31. The number of ether oxygens (including phenoxy) is 1. The summed E-state index contributed by atoms with van der Waals surface area (Å²) in [6.45, 7) is 0.686. The molecule has 1 aromatic heterocycles. The molecule has 0 amide bonds. The molecule has 4 nitrogen and oxygen atoms in total. The quantitative estimate of drug-likeness (QED) is 0.937. The van der Waals surface area contributed by atoms with Gasteiger partial charge in [-0.1, -0.05) is 11.6 Å². The molecule has 2 heterocycles. The van der Waals surface area contributed by atoms with E-state index in [9.17, 15) is 5.11 Å². The highest BCUT2D eigenvalue weighted by Crippen LogP contribution is 2.35. The molecule has 2 aromatic rings. The molecular weight excluding hydrogens is 264 g/mol. The molecule has 0 saturated heterocycles. The number of aliphatic hydroxyl groups excluding tert-OH is 1. The Morgan fingerprint density at radius 3 is 3.11 bits per heavy atom. The molecule has 1 aliphatic rings. The van der Waals surface area contributed by atoms with Gasteiger partial charge in [-0.3, -0.25) is 4.68 Å². The van der Waals surface area contributed by atoms with Crippen LogP contribution in [0.3, 0.4) is 0 Å². The van der Waals surface area contributed by atoms with E-state index in [-0.39, 0.29) is 0 Å². The zero-order valence-corrected chi connectivity index (χ0v) is 11.4. The summed E-state index contributed by atoms with van der Waals surface area (Å²) in [5.74, 6) is 0.882. The highest BCUT2D eigenvalue weighted by molar-refractivity contribution is 6.30. The van der Waals surface area contributed by atoms with Gasteiger partial charge in [-0.2, -0.15) is 5.10 Å². The van der Waals surface area contributed by atoms with Gasteiger partial charge < -0.3 is 9.84 Å². The third kappa shape index (κ3) is 2.46. The van der Waals surface area contributed by atoms with Crippen LogP contribution in [0, 0.1) is 0 Å². The van der Waals surface area contributed by atoms with Crippen molar-refractivity contribution in [2.24, 2.45) is 7.05 Å². The van der Waals surface area contributed by atoms with Crippen LogP contribution in [-0.2, 0) is 19.9 Å². The summed E-state index contributed by atoms with van der Waals surface area (Å²) in [4.78, 5) is 0. The third-order valence-corrected chi connectivity index (χ3v) is 3.57. The Bertz CT molecular complexity index is 609. The largest absolute Gasteiger partial charge is 0.493 e. The number of nitrogens with zero attached hydrogens (tertiary/aromatic N) is 2. The first-order valence-electron chi connectivity index (χ1n) is 6.24. The van der Waals surface area contributed by atoms with Gasteiger partial charge in [0.25, 0.3) is 0 Å². The molecule has 3 rings (SSSR count). The van der Waals surface area contributed by atoms with Crippen molar-refractivity contribution in [1.82, 2.24) is 9.78 Å². The average Bonchev–Trinajstić information content (AvgIpc) is 2.97. The van der Waals surface area contributed by atoms with Crippen molar-refractivity contribution in [3.05, 3.63) is 46.2 Å². The van der Waals surface area contributed by atoms with E-state index in [1.165, 1.54) is 0 Å². The number of aliphatic hydroxyl groups is 1. The average molecular weight is 279 g/mol. The molecule has 0 aliphatic carbocycles. The Morgan fingerprint density at radius 2 is 2.37 bits per heavy atom. The third-order valence-electron chi connectivity index (χ3n) is 3.35. The van der Waals surface area contributed by atoms with E-state index in [1.807, 2.05) is 25.4 Å². The van der Waals surface area contributed by atoms with E-state index in [0.29, 0.717) is 18.1 Å². The van der Waals surface area contributed by atoms with Gasteiger partial charge in [0.2, 0.25) is 0 Å². The van der Waals surface area contributed by atoms with Gasteiger partial charge in [0.05, 0.1) is 18.9 Å². The van der Waals surface area contributed by atoms with E-state index in [2.05, 4.69) is 5.10 Å². The smallest absolute Gasteiger partial charge is 0.126 e. The van der Waals surface area contributed by atoms with Crippen LogP contribution in [0.15, 0.2) is 24.5 Å². The Balaban J connectivity index is 1.87. The Hall–Kier alpha value is -1.52. The number of aromatic nitrogens is 2. The van der Waals surface area contributed by atoms with Crippen molar-refractivity contribution in [1.29, 1.82) is 0 Å². The molecule has 0 bridgehead atoms. The molecule has 1 aliphatic heterocycles. The number of halogens is 1. The van der Waals surface area contributed by atoms with Gasteiger partial charge in [0.1, 0.15) is 5.75 Å². The minimum Gasteiger partial charge on any atom is -0.493 e. The Kier molecular flexibility index (Phi) is 3.21. The first-order valence-corrected chi connectivity index (χ1v) is 6.62. The van der Waals surface area contributed by atoms with Crippen molar-refractivity contribution in [3.63, 3.8) is 0 Å². The Labute approximate surface area is 116 Å². The van der Waals surface area contributed by atoms with Crippen molar-refractivity contribution in [2.75, 3.05) is 6.61 Å². The second kappa shape index (κ2) is 4.87. The Morgan fingerprint density at radius 1 is 1.53 bits per heavy atom. The summed E-state index contributed by atoms with van der Waals surface area (Å²) in [7, 11) is 1.83. The fraction of sp³-hybridized carbons (Fsp3) is 0.357. The molecule has 0 saturated carbocycles. The zero-order chi connectivity index (χ0) is 13.4. The van der Waals surface area contributed by atoms with E-state index in [0.717, 1.165) is 28.9 Å². The van der Waals surface area contributed by atoms with Crippen molar-refractivity contribution in [3.8, 4) is 5.75 Å². The molecule has 1 atom stereocenters. The standard InChI is InChI=1S/C14H15ClN2O2/c1-17-8-11(7-16-17)13(18)6-10-5-12(15)4-9-2-3-19-14(9)10/h4-5,7-8,13,18H,2-3,6H2,1H3. The predicted molar refractivity (Wildman–Crippen MR) is 72.5 cm³/mol. The first kappa shape index (κ1) is 12.5. The van der Waals surface area contributed by atoms with Crippen LogP contribution in [-0.4, -0.2) is 21.5 Å². The molecule has 19 heavy (non-hydrogen) atoms. The second-order valence-corrected chi connectivity index (χ2v) is 5.26. The summed E-state index contributed by atoms with van der Waals surface area (Å²) in [5.41, 5.74) is 2.88. The van der Waals surface area contributed by atoms with E-state index >= 15 is 0 Å². The summed E-state index contributed by atoms with van der Waals surface area (Å²) in [5, 5.41) is 15.0. The molecule has 0 radical (unpaired) electrons. The van der Waals surface area contributed by atoms with Gasteiger partial charge in [-0.05, 0) is 23.3 Å². The lowest BCUT2D eigenvalue weighted by Gasteiger charge is -2.12. The monoisotopic (exact) mass is 278 g/mol. The topological polar surface area (TPSA) is 47.3 Å². The number of fused-ring (bicyclic) bond motifs is 1. The number of benzene rings is 1. The number of rotatable bonds is 3. The minimum absolute atomic E-state index is 0.481. The fourth-order valence-corrected chi connectivity index (χ4v) is 2.70. The molecular formula is C14H15ClN2O2. The lowest BCUT2D eigenvalue weighted by Crippen LogP contribution is -2.02. The normalized spacial score (nSPS) is 15.1. The second-order valence-electron chi connectivity index (χ2n) is 4.82. The minimum atomic E-state index is -0.597. The zero-order valence-electron chi connectivity index (χ0n) is 10.6. The molecule has 1 aromatic carbocycles. The summed E-state index contributed by atoms with van der Waals surface area (Å²) >= 11 is 6.11. The van der Waals surface area contributed by atoms with Crippen molar-refractivity contribution >= 4 is 11.6 Å². The maximum Gasteiger partial charge on any atom is 0.126 e. The molecule has 0 fully saturated rings. The van der Waals surface area contributed by atoms with E-state index < -0.39 is 6.10 Å². The maximum absolute atomic E-state index is 10.3. The highest BCUT2D eigenvalue weighted by atomic mass is 35.5. The van der Waals surface area contributed by atoms with Gasteiger partial charge in [-0.15, -0.1) is 0 Å². The maximum atomic E-state index is 10.3. The van der Waals surface area contributed by atoms with Crippen LogP contribution in [0.2, 0.25) is 5.02 Å². The van der Waals surface area contributed by atoms with Gasteiger partial charge in [0.15, 0.2) is 0 Å². The van der Waals surface area contributed by atoms with Crippen LogP contribution in [0.5, 0.6) is 5.75 Å². The lowest BCUT2D eigenvalue weighted by molar-refractivity contribution is 0.177. The molecule has 1 unspecified atom stereocenters. The van der Waals surface area contributed by atoms with Crippen LogP contribution in [0.4, 0.5) is 0 Å². The fourth-order valence-electron chi connectivity index (χ4n) is 2.44. The van der Waals surface area contributed by atoms with Crippen LogP contribution < -0.4 is 4.74 Å². The van der Waals surface area contributed by atoms with Crippen molar-refractivity contribution in [2.45, 2.75) is 18.9 Å². The summed E-state index contributed by atoms with van der Waals surface area (Å²) in [6.07, 6.45) is 4.26. The number of hydrogen-bond acceptors (Lipinski definition) is 3. The predicted octanol–water partition coefficient (Wildman–Crippen LogP) is 2.28. The highest BCUT2D eigenvalue weighted by Gasteiger charge is 2.20. The van der Waals surface area contributed by atoms with Crippen LogP contribution in [0.1, 0.15) is 22.8 Å². The molecule has 0 spiro atoms.